The molecule has 6 aromatic carbocycles. The molecule has 0 fully saturated rings. The van der Waals surface area contributed by atoms with E-state index in [-0.39, 0.29) is 73.2 Å². The van der Waals surface area contributed by atoms with Crippen LogP contribution in [0.25, 0.3) is 0 Å². The maximum absolute atomic E-state index is 14.1. The molecule has 0 aliphatic carbocycles. The highest BCUT2D eigenvalue weighted by atomic mass is 35.5. The molecule has 2 unspecified atom stereocenters. The van der Waals surface area contributed by atoms with Crippen LogP contribution in [0.1, 0.15) is 98.9 Å². The number of carbonyl (C=O) groups excluding carboxylic acids is 4. The monoisotopic (exact) mass is 1040 g/mol. The first-order chi connectivity index (χ1) is 34.0. The Balaban J connectivity index is 0.000000178. The molecule has 10 rings (SSSR count). The number of rotatable bonds is 6. The van der Waals surface area contributed by atoms with Crippen molar-refractivity contribution in [2.45, 2.75) is 37.3 Å². The topological polar surface area (TPSA) is 150 Å². The zero-order valence-electron chi connectivity index (χ0n) is 36.3. The Bertz CT molecular complexity index is 3070. The molecule has 372 valence electrons. The van der Waals surface area contributed by atoms with Crippen molar-refractivity contribution in [2.24, 2.45) is 0 Å². The molecule has 0 saturated carbocycles. The van der Waals surface area contributed by atoms with Gasteiger partial charge in [-0.3, -0.25) is 19.2 Å². The van der Waals surface area contributed by atoms with E-state index in [9.17, 15) is 63.1 Å². The number of ether oxygens (including phenoxy) is 1. The van der Waals surface area contributed by atoms with Gasteiger partial charge < -0.3 is 36.6 Å². The van der Waals surface area contributed by atoms with Gasteiger partial charge in [0.15, 0.2) is 5.75 Å². The third kappa shape index (κ3) is 9.64. The number of fused-ring (bicyclic) bond motifs is 6. The van der Waals surface area contributed by atoms with Crippen molar-refractivity contribution in [1.82, 2.24) is 10.6 Å². The van der Waals surface area contributed by atoms with Crippen molar-refractivity contribution in [1.29, 1.82) is 0 Å². The first kappa shape index (κ1) is 49.5. The largest absolute Gasteiger partial charge is 0.489 e. The van der Waals surface area contributed by atoms with Crippen molar-refractivity contribution in [3.63, 3.8) is 0 Å². The Morgan fingerprint density at radius 1 is 0.597 bits per heavy atom. The van der Waals surface area contributed by atoms with E-state index in [2.05, 4.69) is 31.9 Å². The standard InChI is InChI=1S/C25H17ClF5N3O2.C24H15ClF5N3O3/c26-17-4-3-14(27)10-16(17)22-19-18(8-11-2-1-5-32-21(11)20(19)24(36)34-22)33-23(35)12-6-13(25(29,30)31)9-15(28)7-12;25-15-2-1-12(26)8-14(15)20-18-16(9-17-21(36-4-3-31-17)19(18)23(35)33-20)32-22(34)10-5-11(24(28,29)30)7-13(27)6-10/h3-4,6-10,22,32H,1-2,5H2,(H,33,35)(H,34,36);1-2,5-9,20,31H,3-4H2,(H,32,34)(H,33,35). The van der Waals surface area contributed by atoms with Gasteiger partial charge >= 0.3 is 12.4 Å². The van der Waals surface area contributed by atoms with E-state index in [1.807, 2.05) is 0 Å². The summed E-state index contributed by atoms with van der Waals surface area (Å²) in [5.74, 6) is -6.63. The van der Waals surface area contributed by atoms with Crippen LogP contribution in [0, 0.1) is 23.3 Å². The van der Waals surface area contributed by atoms with E-state index in [1.54, 1.807) is 6.07 Å². The van der Waals surface area contributed by atoms with Crippen LogP contribution in [0.15, 0.2) is 84.9 Å². The van der Waals surface area contributed by atoms with E-state index in [1.165, 1.54) is 18.2 Å². The van der Waals surface area contributed by atoms with E-state index in [4.69, 9.17) is 27.9 Å². The van der Waals surface area contributed by atoms with E-state index in [0.717, 1.165) is 30.7 Å². The van der Waals surface area contributed by atoms with Crippen molar-refractivity contribution >= 4 is 69.6 Å². The zero-order chi connectivity index (χ0) is 51.6. The highest BCUT2D eigenvalue weighted by molar-refractivity contribution is 6.32. The Labute approximate surface area is 410 Å². The molecule has 2 atom stereocenters. The molecule has 4 amide bonds. The molecule has 23 heteroatoms. The summed E-state index contributed by atoms with van der Waals surface area (Å²) in [6.45, 7) is 1.24. The predicted octanol–water partition coefficient (Wildman–Crippen LogP) is 11.6. The van der Waals surface area contributed by atoms with Crippen LogP contribution in [0.3, 0.4) is 0 Å². The second kappa shape index (κ2) is 18.9. The lowest BCUT2D eigenvalue weighted by Crippen LogP contribution is -2.22. The highest BCUT2D eigenvalue weighted by Crippen LogP contribution is 2.48. The number of alkyl halides is 6. The highest BCUT2D eigenvalue weighted by Gasteiger charge is 2.41. The number of amides is 4. The smallest absolute Gasteiger partial charge is 0.416 e. The molecule has 0 aromatic heterocycles. The van der Waals surface area contributed by atoms with Gasteiger partial charge in [0.05, 0.1) is 45.7 Å². The minimum absolute atomic E-state index is 0.0215. The lowest BCUT2D eigenvalue weighted by atomic mass is 9.90. The van der Waals surface area contributed by atoms with Gasteiger partial charge in [0.2, 0.25) is 0 Å². The maximum Gasteiger partial charge on any atom is 0.416 e. The quantitative estimate of drug-likeness (QED) is 0.0910. The van der Waals surface area contributed by atoms with Gasteiger partial charge in [-0.2, -0.15) is 26.3 Å². The normalized spacial score (nSPS) is 16.5. The van der Waals surface area contributed by atoms with Gasteiger partial charge in [0, 0.05) is 67.9 Å². The predicted molar refractivity (Wildman–Crippen MR) is 244 cm³/mol. The summed E-state index contributed by atoms with van der Waals surface area (Å²) in [5, 5.41) is 17.0. The van der Waals surface area contributed by atoms with E-state index in [0.29, 0.717) is 66.8 Å². The molecular weight excluding hydrogens is 1010 g/mol. The van der Waals surface area contributed by atoms with E-state index >= 15 is 0 Å². The second-order valence-corrected chi connectivity index (χ2v) is 17.5. The Kier molecular flexibility index (Phi) is 13.0. The first-order valence-corrected chi connectivity index (χ1v) is 22.2. The Morgan fingerprint density at radius 2 is 1.10 bits per heavy atom. The van der Waals surface area contributed by atoms with Gasteiger partial charge in [0.25, 0.3) is 23.6 Å². The Hall–Kier alpha value is -7.52. The fraction of sp³-hybridized carbons (Fsp3) is 0.184. The van der Waals surface area contributed by atoms with Gasteiger partial charge in [-0.1, -0.05) is 23.2 Å². The van der Waals surface area contributed by atoms with Gasteiger partial charge in [-0.25, -0.2) is 17.6 Å². The minimum atomic E-state index is -4.87. The number of hydrogen-bond acceptors (Lipinski definition) is 7. The SMILES string of the molecule is O=C(Nc1cc2c(c3c1C(c1cc(F)ccc1Cl)NC3=O)NCCC2)c1cc(F)cc(C(F)(F)F)c1.O=C(Nc1cc2c(c3c1C(c1cc(F)ccc1Cl)NC3=O)OCCN2)c1cc(F)cc(C(F)(F)F)c1. The number of anilines is 4. The molecule has 0 radical (unpaired) electrons. The minimum Gasteiger partial charge on any atom is -0.489 e. The number of aryl methyl sites for hydroxylation is 1. The molecule has 0 saturated heterocycles. The molecule has 11 nitrogen and oxygen atoms in total. The van der Waals surface area contributed by atoms with Crippen molar-refractivity contribution in [3.05, 3.63) is 179 Å². The van der Waals surface area contributed by atoms with Gasteiger partial charge in [-0.05, 0) is 103 Å². The summed E-state index contributed by atoms with van der Waals surface area (Å²) in [6, 6.07) is 11.3. The molecule has 6 N–H and O–H groups in total. The number of carbonyl (C=O) groups is 4. The molecule has 6 aromatic rings. The van der Waals surface area contributed by atoms with Crippen LogP contribution in [0.5, 0.6) is 5.75 Å². The average molecular weight is 1050 g/mol. The summed E-state index contributed by atoms with van der Waals surface area (Å²) >= 11 is 12.6. The number of hydrogen-bond donors (Lipinski definition) is 6. The summed E-state index contributed by atoms with van der Waals surface area (Å²) in [7, 11) is 0. The number of nitrogens with one attached hydrogen (secondary N) is 6. The van der Waals surface area contributed by atoms with Gasteiger partial charge in [0.1, 0.15) is 29.9 Å². The molecule has 4 aliphatic heterocycles. The molecular formula is C49H32Cl2F10N6O5. The molecule has 72 heavy (non-hydrogen) atoms. The molecule has 0 bridgehead atoms. The number of halogens is 12. The fourth-order valence-corrected chi connectivity index (χ4v) is 9.31. The van der Waals surface area contributed by atoms with Gasteiger partial charge in [-0.15, -0.1) is 0 Å². The first-order valence-electron chi connectivity index (χ1n) is 21.5. The van der Waals surface area contributed by atoms with Crippen LogP contribution in [0.4, 0.5) is 66.7 Å². The lowest BCUT2D eigenvalue weighted by molar-refractivity contribution is -0.138. The fourth-order valence-electron chi connectivity index (χ4n) is 8.86. The van der Waals surface area contributed by atoms with Crippen molar-refractivity contribution in [3.8, 4) is 5.75 Å². The van der Waals surface area contributed by atoms with Crippen molar-refractivity contribution < 1.29 is 67.8 Å². The maximum atomic E-state index is 14.1. The summed E-state index contributed by atoms with van der Waals surface area (Å²) in [4.78, 5) is 52.0. The molecule has 4 aliphatic rings. The van der Waals surface area contributed by atoms with Crippen LogP contribution in [-0.4, -0.2) is 43.3 Å². The number of benzene rings is 6. The third-order valence-corrected chi connectivity index (χ3v) is 12.6. The van der Waals surface area contributed by atoms with Crippen LogP contribution in [-0.2, 0) is 18.8 Å². The second-order valence-electron chi connectivity index (χ2n) is 16.6. The van der Waals surface area contributed by atoms with Crippen LogP contribution >= 0.6 is 23.2 Å². The Morgan fingerprint density at radius 3 is 1.62 bits per heavy atom. The summed E-state index contributed by atoms with van der Waals surface area (Å²) < 4.78 is 141. The molecule has 0 spiro atoms. The zero-order valence-corrected chi connectivity index (χ0v) is 37.9. The lowest BCUT2D eigenvalue weighted by Gasteiger charge is -2.24. The summed E-state index contributed by atoms with van der Waals surface area (Å²) in [5.41, 5.74) is -0.852. The van der Waals surface area contributed by atoms with Crippen LogP contribution < -0.4 is 36.6 Å². The third-order valence-electron chi connectivity index (χ3n) is 11.9. The van der Waals surface area contributed by atoms with E-state index < -0.39 is 93.6 Å². The summed E-state index contributed by atoms with van der Waals surface area (Å²) in [6.07, 6.45) is -8.40. The van der Waals surface area contributed by atoms with Crippen molar-refractivity contribution in [2.75, 3.05) is 41.0 Å². The average Bonchev–Trinajstić information content (AvgIpc) is 3.87. The van der Waals surface area contributed by atoms with Crippen LogP contribution in [0.2, 0.25) is 10.0 Å². The molecule has 4 heterocycles.